The molecule has 1 aliphatic heterocycles. The number of hydroxylamine groups is 2. The zero-order valence-electron chi connectivity index (χ0n) is 5.31. The third kappa shape index (κ3) is 1.03. The molecular weight excluding hydrogens is 154 g/mol. The van der Waals surface area contributed by atoms with Gasteiger partial charge in [0.25, 0.3) is 5.91 Å². The minimum absolute atomic E-state index is 0.297. The number of hydrogen-bond acceptors (Lipinski definition) is 4. The first-order chi connectivity index (χ1) is 4.66. The molecule has 0 bridgehead atoms. The molecule has 10 heavy (non-hydrogen) atoms. The zero-order chi connectivity index (χ0) is 7.72. The summed E-state index contributed by atoms with van der Waals surface area (Å²) in [4.78, 5) is 11.1. The molecule has 56 valence electrons. The average molecular weight is 161 g/mol. The first kappa shape index (κ1) is 7.59. The Kier molecular flexibility index (Phi) is 1.98. The maximum Gasteiger partial charge on any atom is 0.286 e. The number of aliphatic hydroxyl groups is 1. The van der Waals surface area contributed by atoms with E-state index in [1.807, 2.05) is 0 Å². The highest BCUT2D eigenvalue weighted by Gasteiger charge is 2.28. The summed E-state index contributed by atoms with van der Waals surface area (Å²) in [6.45, 7) is 0. The van der Waals surface area contributed by atoms with Crippen LogP contribution in [0.1, 0.15) is 0 Å². The lowest BCUT2D eigenvalue weighted by molar-refractivity contribution is -0.185. The number of thioether (sulfide) groups is 1. The van der Waals surface area contributed by atoms with Crippen LogP contribution >= 0.6 is 11.8 Å². The Morgan fingerprint density at radius 3 is 2.60 bits per heavy atom. The van der Waals surface area contributed by atoms with E-state index in [1.54, 1.807) is 6.26 Å². The summed E-state index contributed by atoms with van der Waals surface area (Å²) in [5.74, 6) is -0.542. The maximum atomic E-state index is 10.8. The van der Waals surface area contributed by atoms with Gasteiger partial charge in [-0.05, 0) is 12.3 Å². The molecule has 1 aliphatic rings. The number of hydrogen-bond donors (Lipinski definition) is 2. The average Bonchev–Trinajstić information content (AvgIpc) is 2.17. The number of amides is 1. The van der Waals surface area contributed by atoms with Gasteiger partial charge in [0.2, 0.25) is 0 Å². The van der Waals surface area contributed by atoms with Crippen molar-refractivity contribution >= 4 is 17.7 Å². The summed E-state index contributed by atoms with van der Waals surface area (Å²) in [5, 5.41) is 17.9. The summed E-state index contributed by atoms with van der Waals surface area (Å²) in [5.41, 5.74) is 0. The van der Waals surface area contributed by atoms with E-state index in [2.05, 4.69) is 0 Å². The molecular formula is C5H7NO3S. The first-order valence-electron chi connectivity index (χ1n) is 2.63. The molecule has 1 heterocycles. The lowest BCUT2D eigenvalue weighted by Crippen LogP contribution is -2.30. The molecule has 1 unspecified atom stereocenters. The zero-order valence-corrected chi connectivity index (χ0v) is 6.13. The van der Waals surface area contributed by atoms with E-state index in [0.717, 1.165) is 0 Å². The van der Waals surface area contributed by atoms with Gasteiger partial charge in [-0.15, -0.1) is 11.8 Å². The van der Waals surface area contributed by atoms with E-state index in [4.69, 9.17) is 10.3 Å². The first-order valence-corrected chi connectivity index (χ1v) is 3.85. The predicted octanol–water partition coefficient (Wildman–Crippen LogP) is -0.217. The molecule has 0 radical (unpaired) electrons. The topological polar surface area (TPSA) is 60.8 Å². The third-order valence-electron chi connectivity index (χ3n) is 1.19. The molecule has 0 saturated carbocycles. The lowest BCUT2D eigenvalue weighted by atomic mass is 10.5. The highest BCUT2D eigenvalue weighted by atomic mass is 32.2. The van der Waals surface area contributed by atoms with Gasteiger partial charge in [0.15, 0.2) is 6.23 Å². The number of carbonyl (C=O) groups excluding carboxylic acids is 1. The quantitative estimate of drug-likeness (QED) is 0.522. The second-order valence-corrected chi connectivity index (χ2v) is 2.65. The Bertz CT molecular complexity index is 191. The Hall–Kier alpha value is -0.520. The fourth-order valence-electron chi connectivity index (χ4n) is 0.666. The van der Waals surface area contributed by atoms with Gasteiger partial charge in [0.1, 0.15) is 0 Å². The smallest absolute Gasteiger partial charge is 0.286 e. The van der Waals surface area contributed by atoms with Gasteiger partial charge in [0, 0.05) is 0 Å². The van der Waals surface area contributed by atoms with E-state index in [1.165, 1.54) is 17.8 Å². The molecule has 5 heteroatoms. The summed E-state index contributed by atoms with van der Waals surface area (Å²) in [7, 11) is 0. The molecule has 0 aromatic carbocycles. The molecule has 4 nitrogen and oxygen atoms in total. The van der Waals surface area contributed by atoms with Gasteiger partial charge < -0.3 is 5.11 Å². The van der Waals surface area contributed by atoms with Crippen LogP contribution in [0.2, 0.25) is 0 Å². The van der Waals surface area contributed by atoms with Crippen molar-refractivity contribution in [2.75, 3.05) is 6.26 Å². The van der Waals surface area contributed by atoms with E-state index >= 15 is 0 Å². The molecule has 1 atom stereocenters. The molecule has 1 rings (SSSR count). The molecule has 0 aromatic rings. The second-order valence-electron chi connectivity index (χ2n) is 1.80. The van der Waals surface area contributed by atoms with Crippen LogP contribution in [-0.4, -0.2) is 33.8 Å². The number of carbonyl (C=O) groups is 1. The van der Waals surface area contributed by atoms with Crippen molar-refractivity contribution in [3.8, 4) is 0 Å². The lowest BCUT2D eigenvalue weighted by Gasteiger charge is -2.09. The fraction of sp³-hybridized carbons (Fsp3) is 0.400. The third-order valence-corrected chi connectivity index (χ3v) is 1.94. The largest absolute Gasteiger partial charge is 0.368 e. The monoisotopic (exact) mass is 161 g/mol. The van der Waals surface area contributed by atoms with Crippen molar-refractivity contribution in [3.63, 3.8) is 0 Å². The Labute approximate surface area is 62.1 Å². The standard InChI is InChI=1S/C5H7NO3S/c1-10-3-2-4(7)6(9)5(3)8/h2,4,7,9H,1H3. The molecule has 0 saturated heterocycles. The van der Waals surface area contributed by atoms with E-state index in [0.29, 0.717) is 9.97 Å². The normalized spacial score (nSPS) is 25.5. The Morgan fingerprint density at radius 1 is 1.80 bits per heavy atom. The molecule has 0 aliphatic carbocycles. The van der Waals surface area contributed by atoms with Gasteiger partial charge in [-0.3, -0.25) is 10.0 Å². The van der Waals surface area contributed by atoms with Crippen LogP contribution in [0.5, 0.6) is 0 Å². The second kappa shape index (κ2) is 2.61. The van der Waals surface area contributed by atoms with Crippen LogP contribution < -0.4 is 0 Å². The molecule has 0 spiro atoms. The number of aliphatic hydroxyl groups excluding tert-OH is 1. The minimum Gasteiger partial charge on any atom is -0.368 e. The van der Waals surface area contributed by atoms with Crippen LogP contribution in [0.4, 0.5) is 0 Å². The highest BCUT2D eigenvalue weighted by molar-refractivity contribution is 8.03. The van der Waals surface area contributed by atoms with Gasteiger partial charge >= 0.3 is 0 Å². The van der Waals surface area contributed by atoms with Crippen molar-refractivity contribution < 1.29 is 15.1 Å². The van der Waals surface area contributed by atoms with Crippen LogP contribution in [0.3, 0.4) is 0 Å². The summed E-state index contributed by atoms with van der Waals surface area (Å²) in [6, 6.07) is 0. The van der Waals surface area contributed by atoms with E-state index in [-0.39, 0.29) is 0 Å². The highest BCUT2D eigenvalue weighted by Crippen LogP contribution is 2.22. The minimum atomic E-state index is -1.17. The SMILES string of the molecule is CSC1=CC(O)N(O)C1=O. The van der Waals surface area contributed by atoms with Gasteiger partial charge in [-0.1, -0.05) is 0 Å². The number of nitrogens with zero attached hydrogens (tertiary/aromatic N) is 1. The van der Waals surface area contributed by atoms with Crippen molar-refractivity contribution in [3.05, 3.63) is 11.0 Å². The summed E-state index contributed by atoms with van der Waals surface area (Å²) < 4.78 is 0. The van der Waals surface area contributed by atoms with Gasteiger partial charge in [0.05, 0.1) is 4.91 Å². The summed E-state index contributed by atoms with van der Waals surface area (Å²) >= 11 is 1.20. The van der Waals surface area contributed by atoms with Crippen LogP contribution in [0.25, 0.3) is 0 Å². The molecule has 2 N–H and O–H groups in total. The predicted molar refractivity (Wildman–Crippen MR) is 36.2 cm³/mol. The summed E-state index contributed by atoms with van der Waals surface area (Å²) in [6.07, 6.45) is 1.83. The van der Waals surface area contributed by atoms with Crippen LogP contribution in [0, 0.1) is 0 Å². The molecule has 0 aromatic heterocycles. The van der Waals surface area contributed by atoms with E-state index < -0.39 is 12.1 Å². The van der Waals surface area contributed by atoms with Crippen molar-refractivity contribution in [2.45, 2.75) is 6.23 Å². The molecule has 0 fully saturated rings. The van der Waals surface area contributed by atoms with Crippen molar-refractivity contribution in [2.24, 2.45) is 0 Å². The fourth-order valence-corrected chi connectivity index (χ4v) is 1.19. The van der Waals surface area contributed by atoms with Crippen LogP contribution in [0.15, 0.2) is 11.0 Å². The Morgan fingerprint density at radius 2 is 2.40 bits per heavy atom. The van der Waals surface area contributed by atoms with Crippen molar-refractivity contribution in [1.29, 1.82) is 0 Å². The van der Waals surface area contributed by atoms with Crippen LogP contribution in [-0.2, 0) is 4.79 Å². The van der Waals surface area contributed by atoms with Gasteiger partial charge in [-0.2, -0.15) is 5.06 Å². The van der Waals surface area contributed by atoms with E-state index in [9.17, 15) is 4.79 Å². The maximum absolute atomic E-state index is 10.8. The molecule has 1 amide bonds. The van der Waals surface area contributed by atoms with Gasteiger partial charge in [-0.25, -0.2) is 0 Å². The van der Waals surface area contributed by atoms with Crippen molar-refractivity contribution in [1.82, 2.24) is 5.06 Å². The Balaban J connectivity index is 2.78. The number of rotatable bonds is 1.